The number of ether oxygens (including phenoxy) is 1. The number of H-pyrrole nitrogens is 4. The fourth-order valence-electron chi connectivity index (χ4n) is 16.6. The molecule has 17 heterocycles. The minimum Gasteiger partial charge on any atom is -0.456 e. The summed E-state index contributed by atoms with van der Waals surface area (Å²) in [5.41, 5.74) is 20.5. The van der Waals surface area contributed by atoms with Crippen LogP contribution in [0.4, 0.5) is 38.9 Å². The van der Waals surface area contributed by atoms with Crippen LogP contribution in [0.2, 0.25) is 0 Å². The number of hydrogen-bond donors (Lipinski definition) is 10. The lowest BCUT2D eigenvalue weighted by Gasteiger charge is -2.30. The standard InChI is InChI=1S/C28H24N6O2.C26H25N7O2.C26H27N7O.C25H26N8O2/c35-28(31-21-8-9-22(30-16-21)18-34-11-4-12-34)27-25-14-19(7-10-26(25)32-33-27)20-13-24(17-29-15-20)36-23-5-2-1-3-6-23;34-25(16-2-3-16)30-21-10-18(12-27-13-21)17-4-7-23-22(11-17)24(32-31-23)26(35)29-19-5-6-20(28-14-19)15-33-8-1-9-33;34-26(29-21-4-5-22(28-15-21)17-33-9-2-10-33)25-23-12-19(3-6-24(23)30-31-25)20-11-18(13-27-14-20)16-32-7-1-8-32;1-32(2)25(35)29-20-10-17(12-26-13-20)16-4-7-22-21(11-16)23(31-30-22)24(34)28-18-5-6-19(27-14-18)15-33-8-3-9-33/h1-3,5-10,13-17H,4,11-12,18H2,(H,31,35)(H,32,33);4-7,10-14,16H,1-3,8-9,15H2,(H,29,35)(H,30,34)(H,31,32);3-6,11-15H,1-2,7-10,16-17H2,(H,29,34)(H,30,31);4-7,10-14H,3,8-9,15H2,1-2H3,(H,28,34)(H,29,35)(H,30,31). The minimum absolute atomic E-state index is 0.0382. The molecule has 23 rings (SSSR count). The molecule has 0 unspecified atom stereocenters. The Morgan fingerprint density at radius 1 is 0.314 bits per heavy atom. The summed E-state index contributed by atoms with van der Waals surface area (Å²) in [5, 5.41) is 49.1. The Morgan fingerprint density at radius 3 is 0.971 bits per heavy atom. The van der Waals surface area contributed by atoms with E-state index in [4.69, 9.17) is 4.74 Å². The van der Waals surface area contributed by atoms with Crippen LogP contribution in [0.3, 0.4) is 0 Å². The van der Waals surface area contributed by atoms with Crippen molar-refractivity contribution in [3.05, 3.63) is 301 Å². The largest absolute Gasteiger partial charge is 0.456 e. The third kappa shape index (κ3) is 22.4. The maximum absolute atomic E-state index is 13.1. The molecule has 35 nitrogen and oxygen atoms in total. The summed E-state index contributed by atoms with van der Waals surface area (Å²) < 4.78 is 5.93. The van der Waals surface area contributed by atoms with Crippen molar-refractivity contribution in [3.8, 4) is 56.0 Å². The Kier molecular flexibility index (Phi) is 27.3. The van der Waals surface area contributed by atoms with E-state index in [1.807, 2.05) is 182 Å². The van der Waals surface area contributed by atoms with Crippen LogP contribution in [0.1, 0.15) is 115 Å². The lowest BCUT2D eigenvalue weighted by molar-refractivity contribution is -0.117. The summed E-state index contributed by atoms with van der Waals surface area (Å²) in [4.78, 5) is 125. The molecule has 0 atom stereocenters. The van der Waals surface area contributed by atoms with E-state index in [2.05, 4.69) is 143 Å². The number of aromatic nitrogens is 16. The number of likely N-dealkylation sites (tertiary alicyclic amines) is 5. The number of pyridine rings is 8. The van der Waals surface area contributed by atoms with Gasteiger partial charge in [0.25, 0.3) is 23.6 Å². The third-order valence-corrected chi connectivity index (χ3v) is 25.3. The second kappa shape index (κ2) is 41.9. The number of carbonyl (C=O) groups excluding carboxylic acids is 6. The first-order valence-electron chi connectivity index (χ1n) is 46.9. The third-order valence-electron chi connectivity index (χ3n) is 25.3. The maximum Gasteiger partial charge on any atom is 0.321 e. The van der Waals surface area contributed by atoms with Crippen molar-refractivity contribution in [2.75, 3.05) is 111 Å². The molecule has 10 N–H and O–H groups in total. The molecule has 17 aromatic rings. The first-order valence-corrected chi connectivity index (χ1v) is 46.9. The van der Waals surface area contributed by atoms with Crippen LogP contribution in [0, 0.1) is 5.92 Å². The van der Waals surface area contributed by atoms with Gasteiger partial charge in [-0.2, -0.15) is 20.4 Å². The van der Waals surface area contributed by atoms with Gasteiger partial charge in [0.15, 0.2) is 22.8 Å². The van der Waals surface area contributed by atoms with Gasteiger partial charge in [-0.1, -0.05) is 42.5 Å². The van der Waals surface area contributed by atoms with E-state index in [1.54, 1.807) is 76.1 Å². The molecule has 704 valence electrons. The van der Waals surface area contributed by atoms with Gasteiger partial charge in [-0.15, -0.1) is 0 Å². The van der Waals surface area contributed by atoms with E-state index in [9.17, 15) is 28.8 Å². The highest BCUT2D eigenvalue weighted by atomic mass is 16.5. The van der Waals surface area contributed by atoms with Crippen molar-refractivity contribution < 1.29 is 33.5 Å². The van der Waals surface area contributed by atoms with Crippen LogP contribution in [0.25, 0.3) is 88.1 Å². The number of hydrogen-bond acceptors (Lipinski definition) is 24. The molecule has 1 saturated carbocycles. The fourth-order valence-corrected chi connectivity index (χ4v) is 16.6. The van der Waals surface area contributed by atoms with Gasteiger partial charge in [0, 0.05) is 128 Å². The molecule has 140 heavy (non-hydrogen) atoms. The van der Waals surface area contributed by atoms with Crippen LogP contribution in [-0.2, 0) is 37.5 Å². The molecular weight excluding hydrogens is 1770 g/mol. The Morgan fingerprint density at radius 2 is 0.643 bits per heavy atom. The van der Waals surface area contributed by atoms with Crippen LogP contribution >= 0.6 is 0 Å². The number of para-hydroxylation sites is 1. The zero-order valence-electron chi connectivity index (χ0n) is 77.2. The van der Waals surface area contributed by atoms with Crippen molar-refractivity contribution in [2.24, 2.45) is 5.92 Å². The van der Waals surface area contributed by atoms with Gasteiger partial charge >= 0.3 is 6.03 Å². The van der Waals surface area contributed by atoms with Crippen molar-refractivity contribution in [1.82, 2.24) is 110 Å². The van der Waals surface area contributed by atoms with E-state index in [0.29, 0.717) is 67.7 Å². The van der Waals surface area contributed by atoms with E-state index >= 15 is 0 Å². The number of nitrogens with zero attached hydrogens (tertiary/aromatic N) is 18. The molecule has 6 aliphatic rings. The van der Waals surface area contributed by atoms with Gasteiger partial charge in [0.1, 0.15) is 11.5 Å². The Hall–Kier alpha value is -16.6. The van der Waals surface area contributed by atoms with Crippen molar-refractivity contribution >= 4 is 113 Å². The molecule has 7 amide bonds. The van der Waals surface area contributed by atoms with Gasteiger partial charge in [-0.25, -0.2) is 4.79 Å². The molecule has 1 aliphatic carbocycles. The second-order valence-corrected chi connectivity index (χ2v) is 35.9. The molecule has 0 bridgehead atoms. The predicted octanol–water partition coefficient (Wildman–Crippen LogP) is 16.4. The number of benzene rings is 5. The Labute approximate surface area is 804 Å². The zero-order chi connectivity index (χ0) is 95.4. The predicted molar refractivity (Wildman–Crippen MR) is 536 cm³/mol. The average molecular weight is 1870 g/mol. The summed E-state index contributed by atoms with van der Waals surface area (Å²) in [6.07, 6.45) is 28.8. The number of fused-ring (bicyclic) bond motifs is 4. The summed E-state index contributed by atoms with van der Waals surface area (Å²) in [7, 11) is 3.34. The molecule has 5 aliphatic heterocycles. The molecule has 0 spiro atoms. The SMILES string of the molecule is CN(C)C(=O)Nc1cncc(-c2ccc3[nH]nc(C(=O)Nc4ccc(CN5CCC5)nc4)c3c2)c1.O=C(Nc1ccc(CN2CCC2)nc1)c1n[nH]c2ccc(-c3cncc(CN4CCC4)c3)cc12.O=C(Nc1ccc(CN2CCC2)nc1)c1n[nH]c2ccc(-c3cncc(NC(=O)C4CC4)c3)cc12.O=C(Nc1ccc(CN2CCC2)nc1)c1n[nH]c2ccc(-c3cncc(Oc4ccccc4)c3)cc12. The number of carbonyl (C=O) groups is 6. The molecule has 12 aromatic heterocycles. The molecule has 5 saturated heterocycles. The first-order chi connectivity index (χ1) is 68.5. The highest BCUT2D eigenvalue weighted by Crippen LogP contribution is 2.36. The van der Waals surface area contributed by atoms with Crippen LogP contribution in [-0.4, -0.2) is 225 Å². The fraction of sp³-hybridized carbons (Fsp3) is 0.238. The van der Waals surface area contributed by atoms with E-state index in [1.165, 1.54) is 42.6 Å². The number of urea groups is 1. The summed E-state index contributed by atoms with van der Waals surface area (Å²) >= 11 is 0. The summed E-state index contributed by atoms with van der Waals surface area (Å²) in [6.45, 7) is 15.5. The maximum atomic E-state index is 13.1. The lowest BCUT2D eigenvalue weighted by Crippen LogP contribution is -2.36. The quantitative estimate of drug-likeness (QED) is 0.0229. The monoisotopic (exact) mass is 1870 g/mol. The lowest BCUT2D eigenvalue weighted by atomic mass is 10.0. The highest BCUT2D eigenvalue weighted by molar-refractivity contribution is 6.15. The zero-order valence-corrected chi connectivity index (χ0v) is 77.2. The van der Waals surface area contributed by atoms with Crippen LogP contribution in [0.15, 0.2) is 250 Å². The molecule has 35 heteroatoms. The van der Waals surface area contributed by atoms with E-state index in [0.717, 1.165) is 217 Å². The topological polar surface area (TPSA) is 421 Å². The molecular formula is C105H102N28O7. The van der Waals surface area contributed by atoms with Gasteiger partial charge < -0.3 is 41.5 Å². The number of nitrogens with one attached hydrogen (secondary N) is 10. The molecule has 0 radical (unpaired) electrons. The Bertz CT molecular complexity index is 7150. The van der Waals surface area contributed by atoms with Crippen LogP contribution < -0.4 is 36.6 Å². The second-order valence-electron chi connectivity index (χ2n) is 35.9. The smallest absolute Gasteiger partial charge is 0.321 e. The number of rotatable bonds is 27. The Balaban J connectivity index is 0.000000115. The van der Waals surface area contributed by atoms with Crippen LogP contribution in [0.5, 0.6) is 11.5 Å². The highest BCUT2D eigenvalue weighted by Gasteiger charge is 2.31. The van der Waals surface area contributed by atoms with Gasteiger partial charge in [-0.3, -0.25) is 109 Å². The number of amides is 7. The van der Waals surface area contributed by atoms with Gasteiger partial charge in [0.2, 0.25) is 5.91 Å². The van der Waals surface area contributed by atoms with Gasteiger partial charge in [-0.05, 0) is 272 Å². The normalized spacial score (nSPS) is 14.6. The van der Waals surface area contributed by atoms with E-state index in [-0.39, 0.29) is 47.2 Å². The van der Waals surface area contributed by atoms with Crippen molar-refractivity contribution in [1.29, 1.82) is 0 Å². The summed E-state index contributed by atoms with van der Waals surface area (Å²) in [6, 6.07) is 55.7. The minimum atomic E-state index is -0.323. The number of anilines is 6. The summed E-state index contributed by atoms with van der Waals surface area (Å²) in [5.74, 6) is 0.341. The molecule has 5 aromatic carbocycles. The van der Waals surface area contributed by atoms with Gasteiger partial charge in [0.05, 0.1) is 122 Å². The molecule has 6 fully saturated rings. The average Bonchev–Trinajstić information content (AvgIpc) is 1.64. The number of aromatic amines is 4. The van der Waals surface area contributed by atoms with Crippen molar-refractivity contribution in [2.45, 2.75) is 77.7 Å². The van der Waals surface area contributed by atoms with E-state index < -0.39 is 0 Å². The first kappa shape index (κ1) is 91.2. The van der Waals surface area contributed by atoms with Crippen molar-refractivity contribution in [3.63, 3.8) is 0 Å².